The summed E-state index contributed by atoms with van der Waals surface area (Å²) in [7, 11) is 0. The van der Waals surface area contributed by atoms with Gasteiger partial charge in [0.15, 0.2) is 0 Å². The number of fused-ring (bicyclic) bond motifs is 1. The lowest BCUT2D eigenvalue weighted by atomic mass is 10.1. The molecule has 1 aromatic rings. The number of amides is 1. The number of carbonyl (C=O) groups is 1. The van der Waals surface area contributed by atoms with Crippen molar-refractivity contribution in [3.05, 3.63) is 35.9 Å². The molecular weight excluding hydrogens is 200 g/mol. The first kappa shape index (κ1) is 9.85. The fourth-order valence-corrected chi connectivity index (χ4v) is 2.43. The smallest absolute Gasteiger partial charge is 0.237 e. The zero-order valence-corrected chi connectivity index (χ0v) is 9.15. The van der Waals surface area contributed by atoms with Crippen LogP contribution in [0.3, 0.4) is 0 Å². The zero-order chi connectivity index (χ0) is 11.0. The van der Waals surface area contributed by atoms with Crippen LogP contribution in [0.25, 0.3) is 0 Å². The van der Waals surface area contributed by atoms with Gasteiger partial charge in [-0.25, -0.2) is 0 Å². The summed E-state index contributed by atoms with van der Waals surface area (Å²) in [5, 5.41) is 6.33. The Morgan fingerprint density at radius 3 is 2.81 bits per heavy atom. The summed E-state index contributed by atoms with van der Waals surface area (Å²) in [6, 6.07) is 10.7. The monoisotopic (exact) mass is 216 g/mol. The molecule has 1 aromatic carbocycles. The molecule has 2 aliphatic rings. The Balaban J connectivity index is 1.50. The number of nitrogens with one attached hydrogen (secondary N) is 2. The first-order valence-electron chi connectivity index (χ1n) is 5.90. The van der Waals surface area contributed by atoms with Crippen molar-refractivity contribution in [2.24, 2.45) is 5.92 Å². The molecule has 3 heteroatoms. The van der Waals surface area contributed by atoms with E-state index in [2.05, 4.69) is 10.6 Å². The van der Waals surface area contributed by atoms with Crippen molar-refractivity contribution in [3.8, 4) is 0 Å². The van der Waals surface area contributed by atoms with Crippen LogP contribution in [0.15, 0.2) is 30.3 Å². The molecule has 1 saturated heterocycles. The van der Waals surface area contributed by atoms with Crippen molar-refractivity contribution >= 4 is 5.91 Å². The highest BCUT2D eigenvalue weighted by atomic mass is 16.2. The summed E-state index contributed by atoms with van der Waals surface area (Å²) in [6.07, 6.45) is 2.29. The van der Waals surface area contributed by atoms with Gasteiger partial charge in [0.2, 0.25) is 5.91 Å². The molecule has 16 heavy (non-hydrogen) atoms. The van der Waals surface area contributed by atoms with Crippen LogP contribution in [-0.2, 0) is 11.3 Å². The lowest BCUT2D eigenvalue weighted by Gasteiger charge is -2.13. The second kappa shape index (κ2) is 3.91. The summed E-state index contributed by atoms with van der Waals surface area (Å²) in [6.45, 7) is 0.632. The average Bonchev–Trinajstić information content (AvgIpc) is 2.94. The Kier molecular flexibility index (Phi) is 2.40. The van der Waals surface area contributed by atoms with Gasteiger partial charge in [-0.15, -0.1) is 0 Å². The highest BCUT2D eigenvalue weighted by Crippen LogP contribution is 2.40. The molecule has 0 spiro atoms. The minimum Gasteiger partial charge on any atom is -0.351 e. The van der Waals surface area contributed by atoms with Gasteiger partial charge in [-0.05, 0) is 24.3 Å². The lowest BCUT2D eigenvalue weighted by molar-refractivity contribution is -0.123. The Bertz CT molecular complexity index is 380. The molecule has 3 rings (SSSR count). The molecule has 1 heterocycles. The summed E-state index contributed by atoms with van der Waals surface area (Å²) in [4.78, 5) is 11.8. The van der Waals surface area contributed by atoms with Crippen molar-refractivity contribution in [1.82, 2.24) is 10.6 Å². The SMILES string of the molecule is O=C(NCc1ccccc1)[C@@H]1C[C@@H]2C[C@@H]2N1. The van der Waals surface area contributed by atoms with Crippen molar-refractivity contribution in [1.29, 1.82) is 0 Å². The summed E-state index contributed by atoms with van der Waals surface area (Å²) < 4.78 is 0. The molecule has 0 aromatic heterocycles. The largest absolute Gasteiger partial charge is 0.351 e. The van der Waals surface area contributed by atoms with Crippen LogP contribution in [0.2, 0.25) is 0 Å². The van der Waals surface area contributed by atoms with Crippen LogP contribution in [-0.4, -0.2) is 18.0 Å². The van der Waals surface area contributed by atoms with Crippen LogP contribution in [0.4, 0.5) is 0 Å². The van der Waals surface area contributed by atoms with E-state index in [0.29, 0.717) is 12.6 Å². The lowest BCUT2D eigenvalue weighted by Crippen LogP contribution is -2.41. The molecule has 0 bridgehead atoms. The number of benzene rings is 1. The van der Waals surface area contributed by atoms with E-state index in [0.717, 1.165) is 17.9 Å². The number of carbonyl (C=O) groups excluding carboxylic acids is 1. The molecule has 0 unspecified atom stereocenters. The van der Waals surface area contributed by atoms with E-state index >= 15 is 0 Å². The molecule has 1 aliphatic carbocycles. The van der Waals surface area contributed by atoms with E-state index in [1.807, 2.05) is 30.3 Å². The van der Waals surface area contributed by atoms with Gasteiger partial charge in [-0.2, -0.15) is 0 Å². The fraction of sp³-hybridized carbons (Fsp3) is 0.462. The maximum Gasteiger partial charge on any atom is 0.237 e. The van der Waals surface area contributed by atoms with Gasteiger partial charge >= 0.3 is 0 Å². The molecule has 1 saturated carbocycles. The number of piperidine rings is 1. The van der Waals surface area contributed by atoms with Crippen LogP contribution in [0.5, 0.6) is 0 Å². The summed E-state index contributed by atoms with van der Waals surface area (Å²) >= 11 is 0. The highest BCUT2D eigenvalue weighted by Gasteiger charge is 2.47. The maximum atomic E-state index is 11.8. The van der Waals surface area contributed by atoms with Crippen molar-refractivity contribution in [2.75, 3.05) is 0 Å². The molecule has 84 valence electrons. The van der Waals surface area contributed by atoms with Crippen molar-refractivity contribution in [3.63, 3.8) is 0 Å². The molecule has 2 fully saturated rings. The molecule has 0 radical (unpaired) electrons. The van der Waals surface area contributed by atoms with E-state index in [1.54, 1.807) is 0 Å². The Morgan fingerprint density at radius 2 is 2.12 bits per heavy atom. The van der Waals surface area contributed by atoms with Gasteiger partial charge in [0, 0.05) is 12.6 Å². The van der Waals surface area contributed by atoms with E-state index in [1.165, 1.54) is 6.42 Å². The van der Waals surface area contributed by atoms with Gasteiger partial charge < -0.3 is 10.6 Å². The first-order valence-corrected chi connectivity index (χ1v) is 5.90. The number of hydrogen-bond acceptors (Lipinski definition) is 2. The quantitative estimate of drug-likeness (QED) is 0.793. The van der Waals surface area contributed by atoms with Crippen molar-refractivity contribution in [2.45, 2.75) is 31.5 Å². The molecule has 3 atom stereocenters. The van der Waals surface area contributed by atoms with Crippen LogP contribution in [0, 0.1) is 5.92 Å². The number of rotatable bonds is 3. The zero-order valence-electron chi connectivity index (χ0n) is 9.15. The van der Waals surface area contributed by atoms with Crippen molar-refractivity contribution < 1.29 is 4.79 Å². The third kappa shape index (κ3) is 1.95. The normalized spacial score (nSPS) is 30.9. The third-order valence-electron chi connectivity index (χ3n) is 3.50. The molecule has 2 N–H and O–H groups in total. The van der Waals surface area contributed by atoms with E-state index in [-0.39, 0.29) is 11.9 Å². The number of hydrogen-bond donors (Lipinski definition) is 2. The minimum absolute atomic E-state index is 0.0486. The van der Waals surface area contributed by atoms with Crippen LogP contribution >= 0.6 is 0 Å². The van der Waals surface area contributed by atoms with E-state index < -0.39 is 0 Å². The minimum atomic E-state index is 0.0486. The summed E-state index contributed by atoms with van der Waals surface area (Å²) in [5.74, 6) is 0.920. The van der Waals surface area contributed by atoms with Gasteiger partial charge in [0.05, 0.1) is 6.04 Å². The van der Waals surface area contributed by atoms with Crippen LogP contribution in [0.1, 0.15) is 18.4 Å². The third-order valence-corrected chi connectivity index (χ3v) is 3.50. The van der Waals surface area contributed by atoms with Gasteiger partial charge in [0.25, 0.3) is 0 Å². The molecule has 1 aliphatic heterocycles. The first-order chi connectivity index (χ1) is 7.83. The van der Waals surface area contributed by atoms with Gasteiger partial charge in [-0.3, -0.25) is 4.79 Å². The second-order valence-electron chi connectivity index (χ2n) is 4.76. The van der Waals surface area contributed by atoms with Gasteiger partial charge in [0.1, 0.15) is 0 Å². The molecule has 3 nitrogen and oxygen atoms in total. The van der Waals surface area contributed by atoms with Gasteiger partial charge in [-0.1, -0.05) is 30.3 Å². The van der Waals surface area contributed by atoms with E-state index in [9.17, 15) is 4.79 Å². The van der Waals surface area contributed by atoms with E-state index in [4.69, 9.17) is 0 Å². The second-order valence-corrected chi connectivity index (χ2v) is 4.76. The molecular formula is C13H16N2O. The predicted molar refractivity (Wildman–Crippen MR) is 61.7 cm³/mol. The fourth-order valence-electron chi connectivity index (χ4n) is 2.43. The highest BCUT2D eigenvalue weighted by molar-refractivity contribution is 5.82. The summed E-state index contributed by atoms with van der Waals surface area (Å²) in [5.41, 5.74) is 1.15. The average molecular weight is 216 g/mol. The Labute approximate surface area is 95.2 Å². The topological polar surface area (TPSA) is 41.1 Å². The maximum absolute atomic E-state index is 11.8. The Morgan fingerprint density at radius 1 is 1.31 bits per heavy atom. The van der Waals surface area contributed by atoms with Crippen LogP contribution < -0.4 is 10.6 Å². The standard InChI is InChI=1S/C13H16N2O/c16-13(12-7-10-6-11(10)15-12)14-8-9-4-2-1-3-5-9/h1-5,10-12,15H,6-8H2,(H,14,16)/t10-,11-,12-/m0/s1. The molecule has 1 amide bonds. The predicted octanol–water partition coefficient (Wildman–Crippen LogP) is 1.05. The Hall–Kier alpha value is -1.35.